The van der Waals surface area contributed by atoms with Crippen LogP contribution in [0.3, 0.4) is 0 Å². The molecular weight excluding hydrogens is 432 g/mol. The van der Waals surface area contributed by atoms with E-state index in [-0.39, 0.29) is 24.8 Å². The molecule has 1 spiro atoms. The molecule has 5 rings (SSSR count). The Morgan fingerprint density at radius 2 is 1.88 bits per heavy atom. The van der Waals surface area contributed by atoms with Gasteiger partial charge < -0.3 is 16.4 Å². The number of quaternary nitrogens is 1. The van der Waals surface area contributed by atoms with E-state index in [1.165, 1.54) is 4.90 Å². The van der Waals surface area contributed by atoms with Gasteiger partial charge in [-0.1, -0.05) is 41.9 Å². The summed E-state index contributed by atoms with van der Waals surface area (Å²) in [6.45, 7) is 1.90. The highest BCUT2D eigenvalue weighted by molar-refractivity contribution is 6.32. The molecule has 0 bridgehead atoms. The highest BCUT2D eigenvalue weighted by atomic mass is 35.5. The number of likely N-dealkylation sites (tertiary alicyclic amines) is 1. The number of fused-ring (bicyclic) bond motifs is 4. The number of rotatable bonds is 4. The fraction of sp³-hybridized carbons (Fsp3) is 0.304. The Labute approximate surface area is 189 Å². The smallest absolute Gasteiger partial charge is 0.291 e. The van der Waals surface area contributed by atoms with Gasteiger partial charge in [0.05, 0.1) is 18.7 Å². The lowest BCUT2D eigenvalue weighted by molar-refractivity contribution is -0.732. The van der Waals surface area contributed by atoms with E-state index in [9.17, 15) is 19.2 Å². The van der Waals surface area contributed by atoms with Crippen molar-refractivity contribution >= 4 is 40.9 Å². The number of primary amides is 1. The Bertz CT molecular complexity index is 1180. The molecule has 2 aromatic carbocycles. The van der Waals surface area contributed by atoms with Crippen molar-refractivity contribution in [3.63, 3.8) is 0 Å². The van der Waals surface area contributed by atoms with Crippen LogP contribution in [-0.2, 0) is 31.3 Å². The number of hydrogen-bond donors (Lipinski definition) is 3. The number of carbonyl (C=O) groups is 4. The molecule has 3 aliphatic rings. The summed E-state index contributed by atoms with van der Waals surface area (Å²) in [6, 6.07) is 12.0. The van der Waals surface area contributed by atoms with Gasteiger partial charge in [-0.25, -0.2) is 0 Å². The minimum atomic E-state index is -1.35. The average Bonchev–Trinajstić information content (AvgIpc) is 3.32. The maximum Gasteiger partial charge on any atom is 0.291 e. The molecule has 4 atom stereocenters. The molecule has 0 aliphatic carbocycles. The Morgan fingerprint density at radius 1 is 1.16 bits per heavy atom. The number of anilines is 1. The maximum absolute atomic E-state index is 13.7. The van der Waals surface area contributed by atoms with Crippen molar-refractivity contribution in [1.29, 1.82) is 0 Å². The number of amides is 4. The van der Waals surface area contributed by atoms with Crippen LogP contribution < -0.4 is 16.4 Å². The number of carbonyl (C=O) groups excluding carboxylic acids is 4. The van der Waals surface area contributed by atoms with Gasteiger partial charge in [0.1, 0.15) is 17.9 Å². The van der Waals surface area contributed by atoms with Gasteiger partial charge >= 0.3 is 0 Å². The Morgan fingerprint density at radius 3 is 2.56 bits per heavy atom. The molecule has 2 fully saturated rings. The van der Waals surface area contributed by atoms with E-state index in [0.29, 0.717) is 21.8 Å². The normalized spacial score (nSPS) is 28.2. The second kappa shape index (κ2) is 7.15. The number of benzene rings is 2. The average molecular weight is 454 g/mol. The number of imide groups is 1. The van der Waals surface area contributed by atoms with Crippen molar-refractivity contribution in [2.75, 3.05) is 5.32 Å². The molecule has 32 heavy (non-hydrogen) atoms. The fourth-order valence-electron chi connectivity index (χ4n) is 5.55. The van der Waals surface area contributed by atoms with E-state index in [4.69, 9.17) is 17.3 Å². The molecule has 0 saturated carbocycles. The van der Waals surface area contributed by atoms with Crippen molar-refractivity contribution in [2.24, 2.45) is 17.6 Å². The molecule has 8 nitrogen and oxygen atoms in total. The number of nitrogens with zero attached hydrogens (tertiary/aromatic N) is 1. The van der Waals surface area contributed by atoms with Gasteiger partial charge in [-0.2, -0.15) is 0 Å². The van der Waals surface area contributed by atoms with Crippen LogP contribution >= 0.6 is 11.6 Å². The summed E-state index contributed by atoms with van der Waals surface area (Å²) in [7, 11) is 0. The lowest BCUT2D eigenvalue weighted by atomic mass is 9.76. The van der Waals surface area contributed by atoms with Gasteiger partial charge in [0.2, 0.25) is 23.3 Å². The number of nitrogens with one attached hydrogen (secondary N) is 1. The summed E-state index contributed by atoms with van der Waals surface area (Å²) in [5.41, 5.74) is 6.77. The Balaban J connectivity index is 1.63. The number of nitrogens with two attached hydrogens (primary N) is 2. The molecule has 5 N–H and O–H groups in total. The first-order valence-corrected chi connectivity index (χ1v) is 10.8. The van der Waals surface area contributed by atoms with Crippen molar-refractivity contribution in [3.8, 4) is 0 Å². The second-order valence-corrected chi connectivity index (χ2v) is 9.08. The third-order valence-electron chi connectivity index (χ3n) is 6.95. The summed E-state index contributed by atoms with van der Waals surface area (Å²) in [4.78, 5) is 53.6. The predicted octanol–water partition coefficient (Wildman–Crippen LogP) is 0.418. The van der Waals surface area contributed by atoms with E-state index in [2.05, 4.69) is 5.32 Å². The zero-order valence-electron chi connectivity index (χ0n) is 17.3. The van der Waals surface area contributed by atoms with Crippen molar-refractivity contribution in [1.82, 2.24) is 4.90 Å². The zero-order valence-corrected chi connectivity index (χ0v) is 18.1. The Hall–Kier alpha value is -3.23. The second-order valence-electron chi connectivity index (χ2n) is 8.67. The van der Waals surface area contributed by atoms with Gasteiger partial charge in [-0.05, 0) is 30.2 Å². The van der Waals surface area contributed by atoms with Gasteiger partial charge in [0.25, 0.3) is 5.91 Å². The molecule has 9 heteroatoms. The van der Waals surface area contributed by atoms with Gasteiger partial charge in [0.15, 0.2) is 0 Å². The van der Waals surface area contributed by atoms with E-state index in [0.717, 1.165) is 5.56 Å². The third kappa shape index (κ3) is 2.73. The van der Waals surface area contributed by atoms with Crippen LogP contribution in [0.15, 0.2) is 42.5 Å². The molecule has 4 amide bonds. The maximum atomic E-state index is 13.7. The highest BCUT2D eigenvalue weighted by Crippen LogP contribution is 2.51. The quantitative estimate of drug-likeness (QED) is 0.580. The molecular formula is C23H22ClN4O4+. The molecule has 2 aromatic rings. The van der Waals surface area contributed by atoms with E-state index in [1.54, 1.807) is 24.4 Å². The lowest BCUT2D eigenvalue weighted by Crippen LogP contribution is -2.99. The molecule has 0 aromatic heterocycles. The first-order chi connectivity index (χ1) is 15.3. The van der Waals surface area contributed by atoms with E-state index in [1.807, 2.05) is 30.3 Å². The van der Waals surface area contributed by atoms with Crippen LogP contribution in [0, 0.1) is 18.8 Å². The highest BCUT2D eigenvalue weighted by Gasteiger charge is 2.74. The molecule has 164 valence electrons. The van der Waals surface area contributed by atoms with Crippen molar-refractivity contribution in [3.05, 3.63) is 64.2 Å². The third-order valence-corrected chi connectivity index (χ3v) is 7.36. The summed E-state index contributed by atoms with van der Waals surface area (Å²) in [6.07, 6.45) is -0.115. The van der Waals surface area contributed by atoms with Crippen LogP contribution in [0.4, 0.5) is 5.69 Å². The topological polar surface area (TPSA) is 126 Å². The van der Waals surface area contributed by atoms with Crippen LogP contribution in [0.2, 0.25) is 5.02 Å². The van der Waals surface area contributed by atoms with Crippen LogP contribution in [-0.4, -0.2) is 34.6 Å². The molecule has 3 aliphatic heterocycles. The van der Waals surface area contributed by atoms with Crippen molar-refractivity contribution in [2.45, 2.75) is 31.5 Å². The summed E-state index contributed by atoms with van der Waals surface area (Å²) in [5.74, 6) is -3.54. The van der Waals surface area contributed by atoms with Crippen LogP contribution in [0.5, 0.6) is 0 Å². The lowest BCUT2D eigenvalue weighted by Gasteiger charge is -2.26. The van der Waals surface area contributed by atoms with Crippen molar-refractivity contribution < 1.29 is 24.5 Å². The van der Waals surface area contributed by atoms with Crippen LogP contribution in [0.25, 0.3) is 0 Å². The first-order valence-electron chi connectivity index (χ1n) is 10.4. The SMILES string of the molecule is Cc1c(Cl)ccc2c1NC(=O)[C@@]21[NH2+][C@@H](CC(N)=O)[C@H]2C(=O)N(Cc3ccccc3)C(=O)[C@H]21. The molecule has 0 radical (unpaired) electrons. The standard InChI is InChI=1S/C23H21ClN4O4/c1-11-14(24)8-7-13-19(11)26-22(32)23(13)18-17(15(27-23)9-16(25)29)20(30)28(21(18)31)10-12-5-3-2-4-6-12/h2-8,15,17-18,27H,9-10H2,1H3,(H2,25,29)(H,26,32)/p+1/t15-,17+,18-,23+/m0/s1. The van der Waals surface area contributed by atoms with E-state index < -0.39 is 35.2 Å². The largest absolute Gasteiger partial charge is 0.369 e. The monoisotopic (exact) mass is 453 g/mol. The van der Waals surface area contributed by atoms with Gasteiger partial charge in [-0.3, -0.25) is 24.1 Å². The first kappa shape index (κ1) is 20.7. The minimum absolute atomic E-state index is 0.110. The molecule has 0 unspecified atom stereocenters. The molecule has 3 heterocycles. The Kier molecular flexibility index (Phi) is 4.61. The minimum Gasteiger partial charge on any atom is -0.369 e. The zero-order chi connectivity index (χ0) is 22.8. The van der Waals surface area contributed by atoms with E-state index >= 15 is 0 Å². The summed E-state index contributed by atoms with van der Waals surface area (Å²) in [5, 5.41) is 5.05. The fourth-order valence-corrected chi connectivity index (χ4v) is 5.71. The van der Waals surface area contributed by atoms with Gasteiger partial charge in [0, 0.05) is 10.6 Å². The summed E-state index contributed by atoms with van der Waals surface area (Å²) >= 11 is 6.26. The van der Waals surface area contributed by atoms with Gasteiger partial charge in [-0.15, -0.1) is 0 Å². The number of hydrogen-bond acceptors (Lipinski definition) is 4. The molecule has 2 saturated heterocycles. The summed E-state index contributed by atoms with van der Waals surface area (Å²) < 4.78 is 0. The van der Waals surface area contributed by atoms with Crippen LogP contribution in [0.1, 0.15) is 23.1 Å². The number of halogens is 1. The predicted molar refractivity (Wildman–Crippen MR) is 115 cm³/mol.